The molecular formula is C18H22Cl2O2. The second-order valence-electron chi connectivity index (χ2n) is 6.67. The molecule has 0 spiro atoms. The predicted molar refractivity (Wildman–Crippen MR) is 91.7 cm³/mol. The van der Waals surface area contributed by atoms with Crippen molar-refractivity contribution in [1.29, 1.82) is 0 Å². The van der Waals surface area contributed by atoms with Crippen LogP contribution in [0.4, 0.5) is 0 Å². The van der Waals surface area contributed by atoms with Gasteiger partial charge >= 0.3 is 5.97 Å². The van der Waals surface area contributed by atoms with Crippen molar-refractivity contribution in [1.82, 2.24) is 0 Å². The second kappa shape index (κ2) is 6.25. The van der Waals surface area contributed by atoms with Gasteiger partial charge in [0, 0.05) is 6.42 Å². The SMILES string of the molecule is C=CCC1=C(C)[C@@H](OC(=O)[C@@H]2[C@@H](C=C(Cl)Cl)C2(C)C)CC1=C. The van der Waals surface area contributed by atoms with E-state index in [4.69, 9.17) is 27.9 Å². The van der Waals surface area contributed by atoms with E-state index in [1.54, 1.807) is 6.08 Å². The average Bonchev–Trinajstić information content (AvgIpc) is 2.83. The molecule has 0 aliphatic heterocycles. The number of hydrogen-bond donors (Lipinski definition) is 0. The van der Waals surface area contributed by atoms with Crippen molar-refractivity contribution in [2.24, 2.45) is 17.3 Å². The zero-order valence-electron chi connectivity index (χ0n) is 13.3. The van der Waals surface area contributed by atoms with Gasteiger partial charge in [-0.05, 0) is 47.5 Å². The van der Waals surface area contributed by atoms with Crippen molar-refractivity contribution in [3.8, 4) is 0 Å². The van der Waals surface area contributed by atoms with E-state index in [0.29, 0.717) is 6.42 Å². The van der Waals surface area contributed by atoms with Crippen molar-refractivity contribution in [2.75, 3.05) is 0 Å². The van der Waals surface area contributed by atoms with Gasteiger partial charge in [-0.25, -0.2) is 0 Å². The van der Waals surface area contributed by atoms with Crippen LogP contribution in [-0.4, -0.2) is 12.1 Å². The zero-order chi connectivity index (χ0) is 16.7. The van der Waals surface area contributed by atoms with Crippen LogP contribution in [-0.2, 0) is 9.53 Å². The molecule has 120 valence electrons. The van der Waals surface area contributed by atoms with E-state index in [1.807, 2.05) is 26.8 Å². The average molecular weight is 341 g/mol. The van der Waals surface area contributed by atoms with Gasteiger partial charge in [-0.3, -0.25) is 4.79 Å². The lowest BCUT2D eigenvalue weighted by atomic mass is 10.1. The highest BCUT2D eigenvalue weighted by atomic mass is 35.5. The Labute approximate surface area is 142 Å². The van der Waals surface area contributed by atoms with Gasteiger partial charge in [0.1, 0.15) is 10.6 Å². The quantitative estimate of drug-likeness (QED) is 0.498. The van der Waals surface area contributed by atoms with E-state index in [0.717, 1.165) is 23.1 Å². The Hall–Kier alpha value is -0.990. The van der Waals surface area contributed by atoms with E-state index < -0.39 is 0 Å². The van der Waals surface area contributed by atoms with Gasteiger partial charge in [-0.15, -0.1) is 6.58 Å². The third-order valence-electron chi connectivity index (χ3n) is 4.89. The maximum Gasteiger partial charge on any atom is 0.310 e. The summed E-state index contributed by atoms with van der Waals surface area (Å²) >= 11 is 11.4. The number of halogens is 2. The molecule has 0 saturated heterocycles. The fraction of sp³-hybridized carbons (Fsp3) is 0.500. The first-order chi connectivity index (χ1) is 10.2. The van der Waals surface area contributed by atoms with Crippen molar-refractivity contribution in [2.45, 2.75) is 39.7 Å². The first kappa shape index (κ1) is 17.4. The molecule has 0 aromatic carbocycles. The van der Waals surface area contributed by atoms with Gasteiger partial charge in [0.25, 0.3) is 0 Å². The Morgan fingerprint density at radius 2 is 2.09 bits per heavy atom. The maximum atomic E-state index is 12.5. The van der Waals surface area contributed by atoms with Crippen molar-refractivity contribution in [3.63, 3.8) is 0 Å². The molecule has 0 heterocycles. The Morgan fingerprint density at radius 3 is 2.64 bits per heavy atom. The predicted octanol–water partition coefficient (Wildman–Crippen LogP) is 5.34. The number of ether oxygens (including phenoxy) is 1. The molecule has 0 bridgehead atoms. The van der Waals surface area contributed by atoms with E-state index in [1.165, 1.54) is 0 Å². The summed E-state index contributed by atoms with van der Waals surface area (Å²) in [4.78, 5) is 12.5. The van der Waals surface area contributed by atoms with Gasteiger partial charge in [0.05, 0.1) is 5.92 Å². The molecule has 1 fully saturated rings. The molecule has 2 aliphatic carbocycles. The second-order valence-corrected chi connectivity index (χ2v) is 7.68. The number of hydrogen-bond acceptors (Lipinski definition) is 2. The normalized spacial score (nSPS) is 29.3. The molecule has 0 radical (unpaired) electrons. The Balaban J connectivity index is 2.07. The number of rotatable bonds is 5. The summed E-state index contributed by atoms with van der Waals surface area (Å²) in [6.45, 7) is 13.9. The number of allylic oxidation sites excluding steroid dienone is 3. The first-order valence-electron chi connectivity index (χ1n) is 7.42. The van der Waals surface area contributed by atoms with Crippen LogP contribution < -0.4 is 0 Å². The van der Waals surface area contributed by atoms with Crippen molar-refractivity contribution in [3.05, 3.63) is 46.5 Å². The summed E-state index contributed by atoms with van der Waals surface area (Å²) in [7, 11) is 0. The van der Waals surface area contributed by atoms with Gasteiger partial charge in [-0.1, -0.05) is 49.7 Å². The molecule has 0 unspecified atom stereocenters. The van der Waals surface area contributed by atoms with E-state index in [-0.39, 0.29) is 33.8 Å². The Morgan fingerprint density at radius 1 is 1.45 bits per heavy atom. The largest absolute Gasteiger partial charge is 0.457 e. The first-order valence-corrected chi connectivity index (χ1v) is 8.17. The molecule has 2 aliphatic rings. The highest BCUT2D eigenvalue weighted by Crippen LogP contribution is 2.60. The minimum absolute atomic E-state index is 0.0338. The van der Waals surface area contributed by atoms with Crippen LogP contribution in [0.3, 0.4) is 0 Å². The summed E-state index contributed by atoms with van der Waals surface area (Å²) in [5.41, 5.74) is 3.11. The van der Waals surface area contributed by atoms with Gasteiger partial charge in [0.15, 0.2) is 0 Å². The van der Waals surface area contributed by atoms with Crippen LogP contribution in [0.2, 0.25) is 0 Å². The smallest absolute Gasteiger partial charge is 0.310 e. The molecule has 3 atom stereocenters. The fourth-order valence-electron chi connectivity index (χ4n) is 3.34. The van der Waals surface area contributed by atoms with E-state index in [9.17, 15) is 4.79 Å². The Kier molecular flexibility index (Phi) is 4.93. The molecule has 0 N–H and O–H groups in total. The molecule has 2 rings (SSSR count). The standard InChI is InChI=1S/C18H22Cl2O2/c1-6-7-12-10(2)8-14(11(12)3)22-17(21)16-13(9-15(19)20)18(16,4)5/h6,9,13-14,16H,1-2,7-8H2,3-5H3/t13-,14+,16+/m1/s1. The molecule has 1 saturated carbocycles. The lowest BCUT2D eigenvalue weighted by Crippen LogP contribution is -2.20. The fourth-order valence-corrected chi connectivity index (χ4v) is 3.61. The summed E-state index contributed by atoms with van der Waals surface area (Å²) < 4.78 is 5.94. The minimum atomic E-state index is -0.206. The summed E-state index contributed by atoms with van der Waals surface area (Å²) in [5.74, 6) is -0.339. The number of esters is 1. The van der Waals surface area contributed by atoms with Crippen LogP contribution in [0.1, 0.15) is 33.6 Å². The topological polar surface area (TPSA) is 26.3 Å². The van der Waals surface area contributed by atoms with Crippen molar-refractivity contribution < 1.29 is 9.53 Å². The van der Waals surface area contributed by atoms with Crippen LogP contribution in [0.25, 0.3) is 0 Å². The van der Waals surface area contributed by atoms with Crippen LogP contribution in [0.15, 0.2) is 46.5 Å². The molecule has 0 amide bonds. The summed E-state index contributed by atoms with van der Waals surface area (Å²) in [5, 5.41) is 0. The van der Waals surface area contributed by atoms with Crippen molar-refractivity contribution >= 4 is 29.2 Å². The highest BCUT2D eigenvalue weighted by molar-refractivity contribution is 6.55. The molecular weight excluding hydrogens is 319 g/mol. The van der Waals surface area contributed by atoms with Gasteiger partial charge in [0.2, 0.25) is 0 Å². The minimum Gasteiger partial charge on any atom is -0.457 e. The Bertz CT molecular complexity index is 580. The van der Waals surface area contributed by atoms with Crippen LogP contribution in [0, 0.1) is 17.3 Å². The summed E-state index contributed by atoms with van der Waals surface area (Å²) in [6, 6.07) is 0. The molecule has 0 aromatic rings. The zero-order valence-corrected chi connectivity index (χ0v) is 14.8. The van der Waals surface area contributed by atoms with Gasteiger partial charge < -0.3 is 4.74 Å². The third kappa shape index (κ3) is 3.18. The maximum absolute atomic E-state index is 12.5. The number of carbonyl (C=O) groups excluding carboxylic acids is 1. The molecule has 22 heavy (non-hydrogen) atoms. The molecule has 2 nitrogen and oxygen atoms in total. The van der Waals surface area contributed by atoms with Gasteiger partial charge in [-0.2, -0.15) is 0 Å². The van der Waals surface area contributed by atoms with Crippen LogP contribution >= 0.6 is 23.2 Å². The number of carbonyl (C=O) groups is 1. The third-order valence-corrected chi connectivity index (χ3v) is 5.15. The molecule has 4 heteroatoms. The lowest BCUT2D eigenvalue weighted by molar-refractivity contribution is -0.149. The van der Waals surface area contributed by atoms with Crippen LogP contribution in [0.5, 0.6) is 0 Å². The summed E-state index contributed by atoms with van der Waals surface area (Å²) in [6.07, 6.45) is 4.81. The molecule has 0 aromatic heterocycles. The monoisotopic (exact) mass is 340 g/mol. The van der Waals surface area contributed by atoms with E-state index >= 15 is 0 Å². The highest BCUT2D eigenvalue weighted by Gasteiger charge is 2.62. The lowest BCUT2D eigenvalue weighted by Gasteiger charge is -2.14. The van der Waals surface area contributed by atoms with E-state index in [2.05, 4.69) is 13.2 Å².